The molecule has 1 N–H and O–H groups in total. The van der Waals surface area contributed by atoms with Gasteiger partial charge in [0.05, 0.1) is 4.92 Å². The van der Waals surface area contributed by atoms with E-state index in [1.54, 1.807) is 0 Å². The first-order chi connectivity index (χ1) is 10.2. The van der Waals surface area contributed by atoms with Crippen LogP contribution in [-0.2, 0) is 0 Å². The van der Waals surface area contributed by atoms with E-state index in [2.05, 4.69) is 10.1 Å². The molecule has 0 saturated carbocycles. The number of nitro groups is 1. The van der Waals surface area contributed by atoms with Crippen LogP contribution < -0.4 is 10.1 Å². The van der Waals surface area contributed by atoms with Crippen LogP contribution in [0.2, 0.25) is 5.02 Å². The lowest BCUT2D eigenvalue weighted by Gasteiger charge is -2.10. The van der Waals surface area contributed by atoms with Gasteiger partial charge in [-0.25, -0.2) is 0 Å². The first kappa shape index (κ1) is 15.9. The van der Waals surface area contributed by atoms with Crippen LogP contribution >= 0.6 is 11.6 Å². The van der Waals surface area contributed by atoms with Crippen molar-refractivity contribution in [3.05, 3.63) is 57.6 Å². The summed E-state index contributed by atoms with van der Waals surface area (Å²) >= 11 is 5.78. The quantitative estimate of drug-likeness (QED) is 0.639. The summed E-state index contributed by atoms with van der Waals surface area (Å²) in [4.78, 5) is 10.3. The lowest BCUT2D eigenvalue weighted by Crippen LogP contribution is -2.16. The van der Waals surface area contributed by atoms with Gasteiger partial charge in [-0.1, -0.05) is 11.6 Å². The number of hydrogen-bond acceptors (Lipinski definition) is 4. The number of alkyl halides is 3. The first-order valence-electron chi connectivity index (χ1n) is 5.81. The van der Waals surface area contributed by atoms with Gasteiger partial charge in [0.25, 0.3) is 5.69 Å². The maximum atomic E-state index is 12.0. The summed E-state index contributed by atoms with van der Waals surface area (Å²) in [6.45, 7) is 0. The minimum absolute atomic E-state index is 0.127. The maximum Gasteiger partial charge on any atom is 0.573 e. The van der Waals surface area contributed by atoms with Crippen LogP contribution in [0.25, 0.3) is 0 Å². The molecule has 22 heavy (non-hydrogen) atoms. The molecule has 0 atom stereocenters. The van der Waals surface area contributed by atoms with Crippen molar-refractivity contribution in [1.29, 1.82) is 0 Å². The zero-order valence-corrected chi connectivity index (χ0v) is 11.5. The molecule has 2 aromatic carbocycles. The first-order valence-corrected chi connectivity index (χ1v) is 6.19. The molecule has 0 fully saturated rings. The maximum absolute atomic E-state index is 12.0. The molecule has 0 radical (unpaired) electrons. The minimum Gasteiger partial charge on any atom is -0.406 e. The number of halogens is 4. The lowest BCUT2D eigenvalue weighted by atomic mass is 10.2. The molecule has 0 amide bonds. The molecule has 0 saturated heterocycles. The summed E-state index contributed by atoms with van der Waals surface area (Å²) in [7, 11) is 0. The van der Waals surface area contributed by atoms with Crippen LogP contribution in [0.1, 0.15) is 0 Å². The highest BCUT2D eigenvalue weighted by molar-refractivity contribution is 6.31. The standard InChI is InChI=1S/C13H8ClF3N2O3/c14-8-1-6-12(19(20)21)11(7-8)18-9-2-4-10(5-3-9)22-13(15,16)17/h1-7,18H. The molecule has 2 aromatic rings. The van der Waals surface area contributed by atoms with Crippen molar-refractivity contribution in [2.45, 2.75) is 6.36 Å². The third-order valence-corrected chi connectivity index (χ3v) is 2.76. The second-order valence-corrected chi connectivity index (χ2v) is 4.55. The predicted octanol–water partition coefficient (Wildman–Crippen LogP) is 4.89. The molecule has 5 nitrogen and oxygen atoms in total. The molecule has 2 rings (SSSR count). The Morgan fingerprint density at radius 2 is 1.77 bits per heavy atom. The van der Waals surface area contributed by atoms with E-state index in [4.69, 9.17) is 11.6 Å². The Kier molecular flexibility index (Phi) is 4.41. The van der Waals surface area contributed by atoms with E-state index >= 15 is 0 Å². The lowest BCUT2D eigenvalue weighted by molar-refractivity contribution is -0.383. The highest BCUT2D eigenvalue weighted by atomic mass is 35.5. The molecule has 9 heteroatoms. The fourth-order valence-corrected chi connectivity index (χ4v) is 1.84. The van der Waals surface area contributed by atoms with Crippen LogP contribution in [0.15, 0.2) is 42.5 Å². The molecule has 0 unspecified atom stereocenters. The number of nitro benzene ring substituents is 1. The van der Waals surface area contributed by atoms with Crippen molar-refractivity contribution in [2.75, 3.05) is 5.32 Å². The van der Waals surface area contributed by atoms with Crippen molar-refractivity contribution in [1.82, 2.24) is 0 Å². The van der Waals surface area contributed by atoms with Gasteiger partial charge < -0.3 is 10.1 Å². The SMILES string of the molecule is O=[N+]([O-])c1ccc(Cl)cc1Nc1ccc(OC(F)(F)F)cc1. The normalized spacial score (nSPS) is 11.1. The molecule has 0 spiro atoms. The predicted molar refractivity (Wildman–Crippen MR) is 74.5 cm³/mol. The van der Waals surface area contributed by atoms with E-state index in [0.29, 0.717) is 5.69 Å². The molecule has 0 aromatic heterocycles. The number of nitrogens with zero attached hydrogens (tertiary/aromatic N) is 1. The smallest absolute Gasteiger partial charge is 0.406 e. The molecular weight excluding hydrogens is 325 g/mol. The molecular formula is C13H8ClF3N2O3. The zero-order chi connectivity index (χ0) is 16.3. The summed E-state index contributed by atoms with van der Waals surface area (Å²) in [6, 6.07) is 8.71. The molecule has 0 heterocycles. The highest BCUT2D eigenvalue weighted by Gasteiger charge is 2.30. The third kappa shape index (κ3) is 4.26. The fourth-order valence-electron chi connectivity index (χ4n) is 1.66. The number of hydrogen-bond donors (Lipinski definition) is 1. The topological polar surface area (TPSA) is 64.4 Å². The minimum atomic E-state index is -4.78. The Labute approximate surface area is 127 Å². The van der Waals surface area contributed by atoms with Crippen LogP contribution in [-0.4, -0.2) is 11.3 Å². The van der Waals surface area contributed by atoms with Gasteiger partial charge in [-0.2, -0.15) is 0 Å². The van der Waals surface area contributed by atoms with Gasteiger partial charge in [-0.05, 0) is 36.4 Å². The summed E-state index contributed by atoms with van der Waals surface area (Å²) in [5.41, 5.74) is 0.266. The van der Waals surface area contributed by atoms with Gasteiger partial charge in [0.15, 0.2) is 0 Å². The van der Waals surface area contributed by atoms with E-state index in [1.165, 1.54) is 30.3 Å². The van der Waals surface area contributed by atoms with Crippen molar-refractivity contribution in [3.63, 3.8) is 0 Å². The van der Waals surface area contributed by atoms with Crippen LogP contribution in [0, 0.1) is 10.1 Å². The zero-order valence-electron chi connectivity index (χ0n) is 10.7. The Morgan fingerprint density at radius 1 is 1.14 bits per heavy atom. The van der Waals surface area contributed by atoms with Gasteiger partial charge >= 0.3 is 6.36 Å². The fraction of sp³-hybridized carbons (Fsp3) is 0.0769. The average molecular weight is 333 g/mol. The van der Waals surface area contributed by atoms with Gasteiger partial charge in [0, 0.05) is 16.8 Å². The van der Waals surface area contributed by atoms with E-state index < -0.39 is 17.0 Å². The van der Waals surface area contributed by atoms with Gasteiger partial charge in [-0.15, -0.1) is 13.2 Å². The van der Waals surface area contributed by atoms with Crippen molar-refractivity contribution < 1.29 is 22.8 Å². The average Bonchev–Trinajstić information content (AvgIpc) is 2.39. The molecule has 0 aliphatic heterocycles. The highest BCUT2D eigenvalue weighted by Crippen LogP contribution is 2.31. The Hall–Kier alpha value is -2.48. The van der Waals surface area contributed by atoms with Gasteiger partial charge in [0.2, 0.25) is 0 Å². The Bertz CT molecular complexity index is 690. The monoisotopic (exact) mass is 332 g/mol. The van der Waals surface area contributed by atoms with Crippen molar-refractivity contribution >= 4 is 28.7 Å². The molecule has 0 bridgehead atoms. The van der Waals surface area contributed by atoms with Gasteiger partial charge in [-0.3, -0.25) is 10.1 Å². The van der Waals surface area contributed by atoms with Crippen LogP contribution in [0.3, 0.4) is 0 Å². The van der Waals surface area contributed by atoms with Crippen molar-refractivity contribution in [2.24, 2.45) is 0 Å². The summed E-state index contributed by atoms with van der Waals surface area (Å²) in [6.07, 6.45) is -4.78. The van der Waals surface area contributed by atoms with Gasteiger partial charge in [0.1, 0.15) is 11.4 Å². The Balaban J connectivity index is 2.21. The van der Waals surface area contributed by atoms with E-state index in [-0.39, 0.29) is 16.4 Å². The molecule has 0 aliphatic carbocycles. The summed E-state index contributed by atoms with van der Waals surface area (Å²) < 4.78 is 39.9. The van der Waals surface area contributed by atoms with E-state index in [9.17, 15) is 23.3 Å². The van der Waals surface area contributed by atoms with Crippen LogP contribution in [0.5, 0.6) is 5.75 Å². The van der Waals surface area contributed by atoms with Crippen LogP contribution in [0.4, 0.5) is 30.2 Å². The number of benzene rings is 2. The number of rotatable bonds is 4. The summed E-state index contributed by atoms with van der Waals surface area (Å²) in [5, 5.41) is 13.9. The number of ether oxygens (including phenoxy) is 1. The Morgan fingerprint density at radius 3 is 2.32 bits per heavy atom. The molecule has 0 aliphatic rings. The number of nitrogens with one attached hydrogen (secondary N) is 1. The largest absolute Gasteiger partial charge is 0.573 e. The second kappa shape index (κ2) is 6.10. The number of anilines is 2. The third-order valence-electron chi connectivity index (χ3n) is 2.52. The second-order valence-electron chi connectivity index (χ2n) is 4.12. The van der Waals surface area contributed by atoms with Crippen molar-refractivity contribution in [3.8, 4) is 5.75 Å². The summed E-state index contributed by atoms with van der Waals surface area (Å²) in [5.74, 6) is -0.390. The molecule has 116 valence electrons. The van der Waals surface area contributed by atoms with E-state index in [0.717, 1.165) is 12.1 Å². The van der Waals surface area contributed by atoms with E-state index in [1.807, 2.05) is 0 Å².